The lowest BCUT2D eigenvalue weighted by Crippen LogP contribution is -2.17. The van der Waals surface area contributed by atoms with Gasteiger partial charge in [-0.05, 0) is 13.0 Å². The molecule has 0 heterocycles. The van der Waals surface area contributed by atoms with Crippen LogP contribution in [0.15, 0.2) is 0 Å². The SMILES string of the molecule is CCN(C)P(=O)(O)CC(C)C. The highest BCUT2D eigenvalue weighted by molar-refractivity contribution is 7.55. The molecule has 0 rings (SSSR count). The molecule has 0 aliphatic rings. The predicted octanol–water partition coefficient (Wildman–Crippen LogP) is 1.78. The Hall–Kier alpha value is 0.150. The van der Waals surface area contributed by atoms with Gasteiger partial charge in [-0.3, -0.25) is 4.57 Å². The summed E-state index contributed by atoms with van der Waals surface area (Å²) < 4.78 is 13.0. The molecule has 3 nitrogen and oxygen atoms in total. The summed E-state index contributed by atoms with van der Waals surface area (Å²) in [4.78, 5) is 9.43. The van der Waals surface area contributed by atoms with Crippen LogP contribution in [-0.4, -0.2) is 29.3 Å². The van der Waals surface area contributed by atoms with Crippen molar-refractivity contribution in [3.8, 4) is 0 Å². The summed E-state index contributed by atoms with van der Waals surface area (Å²) in [5, 5.41) is 0. The summed E-state index contributed by atoms with van der Waals surface area (Å²) in [5.74, 6) is 0.278. The van der Waals surface area contributed by atoms with Crippen molar-refractivity contribution in [2.45, 2.75) is 20.8 Å². The molecule has 68 valence electrons. The quantitative estimate of drug-likeness (QED) is 0.669. The Kier molecular flexibility index (Phi) is 4.30. The molecule has 1 N–H and O–H groups in total. The molecule has 0 bridgehead atoms. The molecule has 0 aromatic rings. The molecule has 1 atom stereocenters. The van der Waals surface area contributed by atoms with Crippen LogP contribution in [0, 0.1) is 5.92 Å². The lowest BCUT2D eigenvalue weighted by atomic mass is 10.3. The predicted molar refractivity (Wildman–Crippen MR) is 47.8 cm³/mol. The van der Waals surface area contributed by atoms with E-state index >= 15 is 0 Å². The third-order valence-electron chi connectivity index (χ3n) is 1.59. The summed E-state index contributed by atoms with van der Waals surface area (Å²) in [6.07, 6.45) is 0.386. The second kappa shape index (κ2) is 4.24. The highest BCUT2D eigenvalue weighted by Gasteiger charge is 2.23. The molecule has 0 spiro atoms. The van der Waals surface area contributed by atoms with Gasteiger partial charge >= 0.3 is 0 Å². The van der Waals surface area contributed by atoms with Crippen molar-refractivity contribution in [2.24, 2.45) is 5.92 Å². The van der Waals surface area contributed by atoms with Crippen molar-refractivity contribution < 1.29 is 9.46 Å². The fourth-order valence-corrected chi connectivity index (χ4v) is 2.51. The molecule has 0 aliphatic carbocycles. The van der Waals surface area contributed by atoms with Gasteiger partial charge in [-0.2, -0.15) is 0 Å². The number of hydrogen-bond acceptors (Lipinski definition) is 1. The van der Waals surface area contributed by atoms with E-state index in [1.54, 1.807) is 7.05 Å². The van der Waals surface area contributed by atoms with E-state index in [-0.39, 0.29) is 5.92 Å². The maximum absolute atomic E-state index is 11.4. The molecule has 0 aliphatic heterocycles. The van der Waals surface area contributed by atoms with Crippen LogP contribution >= 0.6 is 7.52 Å². The first kappa shape index (κ1) is 11.2. The van der Waals surface area contributed by atoms with Crippen LogP contribution in [0.1, 0.15) is 20.8 Å². The molecular formula is C7H18NO2P. The van der Waals surface area contributed by atoms with Gasteiger partial charge in [0.05, 0.1) is 0 Å². The van der Waals surface area contributed by atoms with Crippen molar-refractivity contribution in [2.75, 3.05) is 19.8 Å². The van der Waals surface area contributed by atoms with Crippen molar-refractivity contribution in [3.63, 3.8) is 0 Å². The molecule has 0 amide bonds. The van der Waals surface area contributed by atoms with Crippen LogP contribution < -0.4 is 0 Å². The van der Waals surface area contributed by atoms with Crippen molar-refractivity contribution in [1.82, 2.24) is 4.67 Å². The number of rotatable bonds is 4. The fraction of sp³-hybridized carbons (Fsp3) is 1.00. The van der Waals surface area contributed by atoms with Crippen LogP contribution in [0.25, 0.3) is 0 Å². The highest BCUT2D eigenvalue weighted by atomic mass is 31.2. The maximum atomic E-state index is 11.4. The minimum Gasteiger partial charge on any atom is -0.333 e. The van der Waals surface area contributed by atoms with Gasteiger partial charge < -0.3 is 4.89 Å². The van der Waals surface area contributed by atoms with Gasteiger partial charge in [0.1, 0.15) is 0 Å². The summed E-state index contributed by atoms with van der Waals surface area (Å²) >= 11 is 0. The minimum absolute atomic E-state index is 0.278. The van der Waals surface area contributed by atoms with Gasteiger partial charge in [-0.25, -0.2) is 4.67 Å². The monoisotopic (exact) mass is 179 g/mol. The van der Waals surface area contributed by atoms with Crippen molar-refractivity contribution >= 4 is 7.52 Å². The van der Waals surface area contributed by atoms with E-state index in [9.17, 15) is 9.46 Å². The van der Waals surface area contributed by atoms with E-state index in [4.69, 9.17) is 0 Å². The summed E-state index contributed by atoms with van der Waals surface area (Å²) in [6, 6.07) is 0. The first-order valence-corrected chi connectivity index (χ1v) is 5.73. The van der Waals surface area contributed by atoms with Gasteiger partial charge in [0, 0.05) is 12.7 Å². The van der Waals surface area contributed by atoms with E-state index in [1.807, 2.05) is 20.8 Å². The molecule has 0 saturated heterocycles. The van der Waals surface area contributed by atoms with E-state index < -0.39 is 7.52 Å². The van der Waals surface area contributed by atoms with Crippen LogP contribution in [0.4, 0.5) is 0 Å². The van der Waals surface area contributed by atoms with Crippen LogP contribution in [0.5, 0.6) is 0 Å². The number of hydrogen-bond donors (Lipinski definition) is 1. The Balaban J connectivity index is 4.10. The largest absolute Gasteiger partial charge is 0.333 e. The Morgan fingerprint density at radius 2 is 2.00 bits per heavy atom. The lowest BCUT2D eigenvalue weighted by molar-refractivity contribution is 0.383. The van der Waals surface area contributed by atoms with Crippen LogP contribution in [0.2, 0.25) is 0 Å². The van der Waals surface area contributed by atoms with Crippen LogP contribution in [-0.2, 0) is 4.57 Å². The van der Waals surface area contributed by atoms with Crippen molar-refractivity contribution in [3.05, 3.63) is 0 Å². The fourth-order valence-electron chi connectivity index (χ4n) is 0.836. The zero-order chi connectivity index (χ0) is 9.07. The zero-order valence-corrected chi connectivity index (χ0v) is 8.64. The van der Waals surface area contributed by atoms with Crippen molar-refractivity contribution in [1.29, 1.82) is 0 Å². The van der Waals surface area contributed by atoms with Gasteiger partial charge in [-0.15, -0.1) is 0 Å². The Morgan fingerprint density at radius 1 is 1.55 bits per heavy atom. The molecular weight excluding hydrogens is 161 g/mol. The van der Waals surface area contributed by atoms with E-state index in [0.717, 1.165) is 0 Å². The van der Waals surface area contributed by atoms with Gasteiger partial charge in [0.25, 0.3) is 7.52 Å². The molecule has 0 aromatic carbocycles. The first-order chi connectivity index (χ1) is 4.90. The topological polar surface area (TPSA) is 40.5 Å². The maximum Gasteiger partial charge on any atom is 0.269 e. The summed E-state index contributed by atoms with van der Waals surface area (Å²) in [5.41, 5.74) is 0. The molecule has 0 radical (unpaired) electrons. The summed E-state index contributed by atoms with van der Waals surface area (Å²) in [6.45, 7) is 6.41. The van der Waals surface area contributed by atoms with Gasteiger partial charge in [0.2, 0.25) is 0 Å². The standard InChI is InChI=1S/C7H18NO2P/c1-5-8(4)11(9,10)6-7(2)3/h7H,5-6H2,1-4H3,(H,9,10). The van der Waals surface area contributed by atoms with E-state index in [1.165, 1.54) is 4.67 Å². The van der Waals surface area contributed by atoms with E-state index in [2.05, 4.69) is 0 Å². The second-order valence-corrected chi connectivity index (χ2v) is 5.59. The normalized spacial score (nSPS) is 17.4. The minimum atomic E-state index is -3.01. The summed E-state index contributed by atoms with van der Waals surface area (Å²) in [7, 11) is -1.32. The molecule has 0 aromatic heterocycles. The average molecular weight is 179 g/mol. The molecule has 11 heavy (non-hydrogen) atoms. The second-order valence-electron chi connectivity index (χ2n) is 3.21. The molecule has 4 heteroatoms. The smallest absolute Gasteiger partial charge is 0.269 e. The highest BCUT2D eigenvalue weighted by Crippen LogP contribution is 2.44. The van der Waals surface area contributed by atoms with Crippen LogP contribution in [0.3, 0.4) is 0 Å². The molecule has 0 saturated carbocycles. The Morgan fingerprint density at radius 3 is 2.27 bits per heavy atom. The lowest BCUT2D eigenvalue weighted by Gasteiger charge is -2.22. The molecule has 1 unspecified atom stereocenters. The zero-order valence-electron chi connectivity index (χ0n) is 7.74. The average Bonchev–Trinajstić information content (AvgIpc) is 1.83. The number of nitrogens with zero attached hydrogens (tertiary/aromatic N) is 1. The van der Waals surface area contributed by atoms with Gasteiger partial charge in [-0.1, -0.05) is 20.8 Å². The third-order valence-corrected chi connectivity index (χ3v) is 4.15. The Labute approximate surface area is 68.9 Å². The first-order valence-electron chi connectivity index (χ1n) is 3.93. The van der Waals surface area contributed by atoms with E-state index in [0.29, 0.717) is 12.7 Å². The Bertz CT molecular complexity index is 159. The molecule has 0 fully saturated rings. The third kappa shape index (κ3) is 3.90. The van der Waals surface area contributed by atoms with Gasteiger partial charge in [0.15, 0.2) is 0 Å².